The molecule has 0 spiro atoms. The molecule has 0 atom stereocenters. The highest BCUT2D eigenvalue weighted by Gasteiger charge is 2.15. The molecule has 7 heteroatoms. The van der Waals surface area contributed by atoms with Crippen LogP contribution in [0.2, 0.25) is 0 Å². The summed E-state index contributed by atoms with van der Waals surface area (Å²) in [6, 6.07) is 5.90. The molecular formula is C17H15N5OS. The third kappa shape index (κ3) is 2.69. The van der Waals surface area contributed by atoms with E-state index >= 15 is 0 Å². The van der Waals surface area contributed by atoms with Gasteiger partial charge in [-0.15, -0.1) is 11.3 Å². The van der Waals surface area contributed by atoms with E-state index in [1.165, 1.54) is 10.4 Å². The van der Waals surface area contributed by atoms with Gasteiger partial charge in [0.2, 0.25) is 11.8 Å². The third-order valence-corrected chi connectivity index (χ3v) is 4.84. The molecule has 1 aliphatic heterocycles. The van der Waals surface area contributed by atoms with E-state index in [0.717, 1.165) is 11.1 Å². The molecule has 1 aliphatic rings. The zero-order chi connectivity index (χ0) is 16.5. The molecule has 3 aromatic rings. The van der Waals surface area contributed by atoms with E-state index in [2.05, 4.69) is 43.6 Å². The summed E-state index contributed by atoms with van der Waals surface area (Å²) in [4.78, 5) is 16.9. The molecule has 6 nitrogen and oxygen atoms in total. The number of nitrogens with one attached hydrogen (secondary N) is 2. The summed E-state index contributed by atoms with van der Waals surface area (Å²) in [6.45, 7) is 2.74. The summed E-state index contributed by atoms with van der Waals surface area (Å²) in [5.41, 5.74) is 3.61. The molecule has 0 fully saturated rings. The number of nitrogens with zero attached hydrogens (tertiary/aromatic N) is 3. The van der Waals surface area contributed by atoms with Crippen LogP contribution in [0.1, 0.15) is 21.7 Å². The third-order valence-electron chi connectivity index (χ3n) is 3.82. The summed E-state index contributed by atoms with van der Waals surface area (Å²) < 4.78 is 0. The summed E-state index contributed by atoms with van der Waals surface area (Å²) >= 11 is 1.70. The summed E-state index contributed by atoms with van der Waals surface area (Å²) in [6.07, 6.45) is 5.27. The second-order valence-corrected chi connectivity index (χ2v) is 6.44. The zero-order valence-electron chi connectivity index (χ0n) is 12.9. The molecule has 4 heterocycles. The first kappa shape index (κ1) is 14.6. The van der Waals surface area contributed by atoms with Crippen LogP contribution in [0.5, 0.6) is 5.88 Å². The Morgan fingerprint density at radius 3 is 3.12 bits per heavy atom. The average molecular weight is 337 g/mol. The fourth-order valence-electron chi connectivity index (χ4n) is 2.51. The predicted molar refractivity (Wildman–Crippen MR) is 96.9 cm³/mol. The SMILES string of the molecule is Cc1ccsc1CNc1nc(O)c(C=C2C=Nc3ncccc32)[nH]1. The number of aromatic nitrogens is 3. The minimum absolute atomic E-state index is 0.0429. The molecule has 0 saturated carbocycles. The van der Waals surface area contributed by atoms with Crippen molar-refractivity contribution in [2.45, 2.75) is 13.5 Å². The molecule has 3 N–H and O–H groups in total. The monoisotopic (exact) mass is 337 g/mol. The Labute approximate surface area is 142 Å². The van der Waals surface area contributed by atoms with Crippen LogP contribution in [-0.2, 0) is 6.54 Å². The van der Waals surface area contributed by atoms with Gasteiger partial charge in [0.15, 0.2) is 5.82 Å². The van der Waals surface area contributed by atoms with Gasteiger partial charge in [0.25, 0.3) is 0 Å². The molecule has 0 aromatic carbocycles. The number of hydrogen-bond donors (Lipinski definition) is 3. The van der Waals surface area contributed by atoms with Crippen molar-refractivity contribution in [3.05, 3.63) is 51.5 Å². The number of thiophene rings is 1. The van der Waals surface area contributed by atoms with Gasteiger partial charge in [-0.25, -0.2) is 9.98 Å². The van der Waals surface area contributed by atoms with E-state index in [4.69, 9.17) is 0 Å². The van der Waals surface area contributed by atoms with Gasteiger partial charge < -0.3 is 15.4 Å². The van der Waals surface area contributed by atoms with Crippen LogP contribution in [0, 0.1) is 6.92 Å². The second kappa shape index (κ2) is 5.93. The van der Waals surface area contributed by atoms with Crippen molar-refractivity contribution in [3.63, 3.8) is 0 Å². The van der Waals surface area contributed by atoms with Gasteiger partial charge in [0, 0.05) is 28.4 Å². The quantitative estimate of drug-likeness (QED) is 0.677. The number of hydrogen-bond acceptors (Lipinski definition) is 6. The number of aryl methyl sites for hydroxylation is 1. The van der Waals surface area contributed by atoms with Crippen molar-refractivity contribution in [1.82, 2.24) is 15.0 Å². The Hall–Kier alpha value is -2.93. The van der Waals surface area contributed by atoms with Crippen molar-refractivity contribution in [1.29, 1.82) is 0 Å². The normalized spacial score (nSPS) is 14.3. The van der Waals surface area contributed by atoms with Crippen molar-refractivity contribution in [3.8, 4) is 5.88 Å². The van der Waals surface area contributed by atoms with Crippen molar-refractivity contribution < 1.29 is 5.11 Å². The average Bonchev–Trinajstić information content (AvgIpc) is 3.27. The highest BCUT2D eigenvalue weighted by molar-refractivity contribution is 7.10. The Morgan fingerprint density at radius 2 is 2.29 bits per heavy atom. The van der Waals surface area contributed by atoms with Gasteiger partial charge in [-0.2, -0.15) is 4.98 Å². The number of aromatic hydroxyl groups is 1. The maximum atomic E-state index is 10.1. The molecule has 4 rings (SSSR count). The lowest BCUT2D eigenvalue weighted by molar-refractivity contribution is 0.455. The summed E-state index contributed by atoms with van der Waals surface area (Å²) in [5.74, 6) is 1.18. The van der Waals surface area contributed by atoms with E-state index < -0.39 is 0 Å². The van der Waals surface area contributed by atoms with Crippen LogP contribution in [0.3, 0.4) is 0 Å². The fourth-order valence-corrected chi connectivity index (χ4v) is 3.35. The van der Waals surface area contributed by atoms with Gasteiger partial charge in [-0.05, 0) is 42.1 Å². The standard InChI is InChI=1S/C17H15N5OS/c1-10-4-6-24-14(10)9-20-17-21-13(16(23)22-17)7-11-8-19-15-12(11)3-2-5-18-15/h2-8,23H,9H2,1H3,(H2,20,21,22). The molecule has 0 radical (unpaired) electrons. The first-order chi connectivity index (χ1) is 11.7. The van der Waals surface area contributed by atoms with Crippen LogP contribution >= 0.6 is 11.3 Å². The minimum Gasteiger partial charge on any atom is -0.492 e. The molecule has 24 heavy (non-hydrogen) atoms. The van der Waals surface area contributed by atoms with Crippen molar-refractivity contribution >= 4 is 41.0 Å². The molecule has 0 saturated heterocycles. The molecular weight excluding hydrogens is 322 g/mol. The Morgan fingerprint density at radius 1 is 1.38 bits per heavy atom. The number of H-pyrrole nitrogens is 1. The molecule has 0 unspecified atom stereocenters. The van der Waals surface area contributed by atoms with Crippen LogP contribution in [0.4, 0.5) is 11.8 Å². The van der Waals surface area contributed by atoms with Crippen LogP contribution in [0.25, 0.3) is 11.6 Å². The largest absolute Gasteiger partial charge is 0.492 e. The van der Waals surface area contributed by atoms with Gasteiger partial charge >= 0.3 is 0 Å². The van der Waals surface area contributed by atoms with E-state index in [1.807, 2.05) is 18.2 Å². The number of allylic oxidation sites excluding steroid dienone is 1. The number of pyridine rings is 1. The second-order valence-electron chi connectivity index (χ2n) is 5.44. The van der Waals surface area contributed by atoms with Gasteiger partial charge in [0.1, 0.15) is 5.69 Å². The van der Waals surface area contributed by atoms with Gasteiger partial charge in [0.05, 0.1) is 6.54 Å². The Bertz CT molecular complexity index is 954. The highest BCUT2D eigenvalue weighted by atomic mass is 32.1. The smallest absolute Gasteiger partial charge is 0.238 e. The number of anilines is 1. The van der Waals surface area contributed by atoms with Gasteiger partial charge in [-0.1, -0.05) is 0 Å². The molecule has 3 aromatic heterocycles. The molecule has 0 aliphatic carbocycles. The lowest BCUT2D eigenvalue weighted by atomic mass is 10.1. The molecule has 120 valence electrons. The lowest BCUT2D eigenvalue weighted by Gasteiger charge is -2.01. The van der Waals surface area contributed by atoms with Crippen molar-refractivity contribution in [2.75, 3.05) is 5.32 Å². The number of aromatic amines is 1. The number of aliphatic imine (C=N–C) groups is 1. The van der Waals surface area contributed by atoms with E-state index in [-0.39, 0.29) is 5.88 Å². The molecule has 0 amide bonds. The Kier molecular flexibility index (Phi) is 3.62. The summed E-state index contributed by atoms with van der Waals surface area (Å²) in [5, 5.41) is 15.3. The van der Waals surface area contributed by atoms with Gasteiger partial charge in [-0.3, -0.25) is 0 Å². The van der Waals surface area contributed by atoms with E-state index in [0.29, 0.717) is 24.0 Å². The van der Waals surface area contributed by atoms with Crippen LogP contribution in [-0.4, -0.2) is 26.3 Å². The summed E-state index contributed by atoms with van der Waals surface area (Å²) in [7, 11) is 0. The topological polar surface area (TPSA) is 86.2 Å². The number of rotatable bonds is 4. The zero-order valence-corrected chi connectivity index (χ0v) is 13.8. The van der Waals surface area contributed by atoms with Crippen LogP contribution < -0.4 is 5.32 Å². The lowest BCUT2D eigenvalue weighted by Crippen LogP contribution is -2.00. The first-order valence-electron chi connectivity index (χ1n) is 7.47. The van der Waals surface area contributed by atoms with Crippen molar-refractivity contribution in [2.24, 2.45) is 4.99 Å². The Balaban J connectivity index is 1.55. The van der Waals surface area contributed by atoms with E-state index in [9.17, 15) is 5.11 Å². The number of fused-ring (bicyclic) bond motifs is 1. The first-order valence-corrected chi connectivity index (χ1v) is 8.35. The highest BCUT2D eigenvalue weighted by Crippen LogP contribution is 2.31. The minimum atomic E-state index is -0.0429. The fraction of sp³-hybridized carbons (Fsp3) is 0.118. The predicted octanol–water partition coefficient (Wildman–Crippen LogP) is 3.75. The van der Waals surface area contributed by atoms with E-state index in [1.54, 1.807) is 23.7 Å². The van der Waals surface area contributed by atoms with Crippen LogP contribution in [0.15, 0.2) is 34.8 Å². The maximum Gasteiger partial charge on any atom is 0.238 e. The maximum absolute atomic E-state index is 10.1. The number of imidazole rings is 1. The molecule has 0 bridgehead atoms.